The smallest absolute Gasteiger partial charge is 0.247 e. The SMILES string of the molecule is CCN=C(N)c1ccc(CCNC(=O)C[C@@H]2C(=O)Nc3ccccc3N2Cc2ccccc2)cc1. The zero-order valence-corrected chi connectivity index (χ0v) is 19.9. The van der Waals surface area contributed by atoms with E-state index in [4.69, 9.17) is 5.73 Å². The van der Waals surface area contributed by atoms with E-state index in [-0.39, 0.29) is 18.2 Å². The quantitative estimate of drug-likeness (QED) is 0.330. The number of amidine groups is 1. The molecule has 1 aliphatic heterocycles. The molecule has 1 aliphatic rings. The van der Waals surface area contributed by atoms with Crippen molar-refractivity contribution in [2.24, 2.45) is 10.7 Å². The van der Waals surface area contributed by atoms with E-state index in [0.29, 0.717) is 31.9 Å². The Balaban J connectivity index is 1.39. The maximum atomic E-state index is 13.0. The van der Waals surface area contributed by atoms with Crippen LogP contribution >= 0.6 is 0 Å². The Morgan fingerprint density at radius 3 is 2.46 bits per heavy atom. The van der Waals surface area contributed by atoms with Crippen molar-refractivity contribution in [1.82, 2.24) is 5.32 Å². The van der Waals surface area contributed by atoms with Gasteiger partial charge in [0.2, 0.25) is 11.8 Å². The lowest BCUT2D eigenvalue weighted by Crippen LogP contribution is -2.50. The summed E-state index contributed by atoms with van der Waals surface area (Å²) in [6.45, 7) is 3.62. The van der Waals surface area contributed by atoms with Gasteiger partial charge in [-0.3, -0.25) is 14.6 Å². The summed E-state index contributed by atoms with van der Waals surface area (Å²) >= 11 is 0. The van der Waals surface area contributed by atoms with Crippen molar-refractivity contribution in [3.8, 4) is 0 Å². The monoisotopic (exact) mass is 469 g/mol. The fraction of sp³-hybridized carbons (Fsp3) is 0.250. The highest BCUT2D eigenvalue weighted by Gasteiger charge is 2.34. The van der Waals surface area contributed by atoms with Crippen LogP contribution in [0.4, 0.5) is 11.4 Å². The number of benzene rings is 3. The maximum Gasteiger partial charge on any atom is 0.247 e. The number of nitrogens with zero attached hydrogens (tertiary/aromatic N) is 2. The number of hydrogen-bond acceptors (Lipinski definition) is 4. The van der Waals surface area contributed by atoms with Crippen LogP contribution in [0, 0.1) is 0 Å². The van der Waals surface area contributed by atoms with Crippen molar-refractivity contribution in [1.29, 1.82) is 0 Å². The largest absolute Gasteiger partial charge is 0.384 e. The second kappa shape index (κ2) is 11.3. The second-order valence-electron chi connectivity index (χ2n) is 8.50. The molecule has 3 aromatic rings. The van der Waals surface area contributed by atoms with Crippen LogP contribution in [-0.2, 0) is 22.6 Å². The predicted octanol–water partition coefficient (Wildman–Crippen LogP) is 3.49. The lowest BCUT2D eigenvalue weighted by atomic mass is 10.0. The van der Waals surface area contributed by atoms with E-state index < -0.39 is 6.04 Å². The number of carbonyl (C=O) groups is 2. The standard InChI is InChI=1S/C28H31N5O2/c1-2-30-27(29)22-14-12-20(13-15-22)16-17-31-26(34)18-25-28(35)32-23-10-6-7-11-24(23)33(25)19-21-8-4-3-5-9-21/h3-15,25H,2,16-19H2,1H3,(H2,29,30)(H,31,34)(H,32,35)/t25-/m1/s1. The molecule has 7 nitrogen and oxygen atoms in total. The van der Waals surface area contributed by atoms with Gasteiger partial charge < -0.3 is 21.3 Å². The van der Waals surface area contributed by atoms with E-state index in [1.54, 1.807) is 0 Å². The molecule has 1 heterocycles. The number of para-hydroxylation sites is 2. The third kappa shape index (κ3) is 6.06. The average Bonchev–Trinajstić information content (AvgIpc) is 2.87. The molecule has 0 saturated carbocycles. The number of carbonyl (C=O) groups excluding carboxylic acids is 2. The van der Waals surface area contributed by atoms with Crippen LogP contribution in [0.2, 0.25) is 0 Å². The number of nitrogens with two attached hydrogens (primary N) is 1. The Morgan fingerprint density at radius 1 is 1.00 bits per heavy atom. The Kier molecular flexibility index (Phi) is 7.77. The number of fused-ring (bicyclic) bond motifs is 1. The van der Waals surface area contributed by atoms with E-state index in [1.807, 2.05) is 90.7 Å². The average molecular weight is 470 g/mol. The topological polar surface area (TPSA) is 99.8 Å². The molecule has 0 aliphatic carbocycles. The lowest BCUT2D eigenvalue weighted by Gasteiger charge is -2.38. The second-order valence-corrected chi connectivity index (χ2v) is 8.50. The molecule has 0 saturated heterocycles. The summed E-state index contributed by atoms with van der Waals surface area (Å²) < 4.78 is 0. The fourth-order valence-electron chi connectivity index (χ4n) is 4.23. The van der Waals surface area contributed by atoms with Gasteiger partial charge in [0.25, 0.3) is 0 Å². The van der Waals surface area contributed by atoms with Crippen LogP contribution in [-0.4, -0.2) is 36.8 Å². The molecule has 2 amide bonds. The molecule has 0 radical (unpaired) electrons. The van der Waals surface area contributed by atoms with Gasteiger partial charge in [-0.2, -0.15) is 0 Å². The molecule has 0 bridgehead atoms. The van der Waals surface area contributed by atoms with Crippen molar-refractivity contribution in [2.45, 2.75) is 32.4 Å². The minimum absolute atomic E-state index is 0.0793. The third-order valence-corrected chi connectivity index (χ3v) is 6.04. The minimum Gasteiger partial charge on any atom is -0.384 e. The molecule has 180 valence electrons. The van der Waals surface area contributed by atoms with E-state index >= 15 is 0 Å². The highest BCUT2D eigenvalue weighted by Crippen LogP contribution is 2.34. The lowest BCUT2D eigenvalue weighted by molar-refractivity contribution is -0.125. The zero-order chi connectivity index (χ0) is 24.6. The molecule has 4 rings (SSSR count). The molecular weight excluding hydrogens is 438 g/mol. The first-order chi connectivity index (χ1) is 17.0. The molecule has 7 heteroatoms. The van der Waals surface area contributed by atoms with E-state index in [2.05, 4.69) is 15.6 Å². The first kappa shape index (κ1) is 24.0. The Bertz CT molecular complexity index is 1190. The molecule has 35 heavy (non-hydrogen) atoms. The van der Waals surface area contributed by atoms with Crippen LogP contribution in [0.25, 0.3) is 0 Å². The fourth-order valence-corrected chi connectivity index (χ4v) is 4.23. The summed E-state index contributed by atoms with van der Waals surface area (Å²) in [5.74, 6) is 0.204. The van der Waals surface area contributed by atoms with Crippen LogP contribution < -0.4 is 21.3 Å². The van der Waals surface area contributed by atoms with Gasteiger partial charge in [0.1, 0.15) is 11.9 Å². The third-order valence-electron chi connectivity index (χ3n) is 6.04. The van der Waals surface area contributed by atoms with Crippen molar-refractivity contribution < 1.29 is 9.59 Å². The number of hydrogen-bond donors (Lipinski definition) is 3. The highest BCUT2D eigenvalue weighted by atomic mass is 16.2. The number of nitrogens with one attached hydrogen (secondary N) is 2. The van der Waals surface area contributed by atoms with Gasteiger partial charge >= 0.3 is 0 Å². The zero-order valence-electron chi connectivity index (χ0n) is 19.9. The highest BCUT2D eigenvalue weighted by molar-refractivity contribution is 6.05. The summed E-state index contributed by atoms with van der Waals surface area (Å²) in [4.78, 5) is 32.0. The van der Waals surface area contributed by atoms with Gasteiger partial charge in [0, 0.05) is 25.2 Å². The Morgan fingerprint density at radius 2 is 1.71 bits per heavy atom. The minimum atomic E-state index is -0.592. The molecule has 1 atom stereocenters. The molecule has 3 aromatic carbocycles. The Labute approximate surface area is 206 Å². The molecule has 0 spiro atoms. The van der Waals surface area contributed by atoms with Crippen molar-refractivity contribution >= 4 is 29.0 Å². The van der Waals surface area contributed by atoms with Gasteiger partial charge in [-0.05, 0) is 36.6 Å². The summed E-state index contributed by atoms with van der Waals surface area (Å²) in [6, 6.07) is 24.9. The van der Waals surface area contributed by atoms with E-state index in [1.165, 1.54) is 0 Å². The van der Waals surface area contributed by atoms with Gasteiger partial charge in [0.05, 0.1) is 17.8 Å². The molecule has 0 fully saturated rings. The van der Waals surface area contributed by atoms with E-state index in [9.17, 15) is 9.59 Å². The molecule has 4 N–H and O–H groups in total. The first-order valence-corrected chi connectivity index (χ1v) is 11.9. The Hall–Kier alpha value is -4.13. The number of aliphatic imine (C=N–C) groups is 1. The van der Waals surface area contributed by atoms with Crippen molar-refractivity contribution in [3.63, 3.8) is 0 Å². The number of amides is 2. The van der Waals surface area contributed by atoms with E-state index in [0.717, 1.165) is 28.1 Å². The summed E-state index contributed by atoms with van der Waals surface area (Å²) in [5, 5.41) is 5.93. The molecule has 0 unspecified atom stereocenters. The van der Waals surface area contributed by atoms with Crippen LogP contribution in [0.5, 0.6) is 0 Å². The van der Waals surface area contributed by atoms with Crippen molar-refractivity contribution in [2.75, 3.05) is 23.3 Å². The van der Waals surface area contributed by atoms with Crippen LogP contribution in [0.3, 0.4) is 0 Å². The van der Waals surface area contributed by atoms with Crippen LogP contribution in [0.15, 0.2) is 83.9 Å². The normalized spacial score (nSPS) is 15.3. The van der Waals surface area contributed by atoms with Gasteiger partial charge in [-0.25, -0.2) is 0 Å². The van der Waals surface area contributed by atoms with Crippen LogP contribution in [0.1, 0.15) is 30.0 Å². The number of anilines is 2. The van der Waals surface area contributed by atoms with Gasteiger partial charge in [-0.1, -0.05) is 66.7 Å². The number of rotatable bonds is 9. The van der Waals surface area contributed by atoms with Gasteiger partial charge in [-0.15, -0.1) is 0 Å². The maximum absolute atomic E-state index is 13.0. The molecular formula is C28H31N5O2. The molecule has 0 aromatic heterocycles. The summed E-state index contributed by atoms with van der Waals surface area (Å²) in [7, 11) is 0. The first-order valence-electron chi connectivity index (χ1n) is 11.9. The predicted molar refractivity (Wildman–Crippen MR) is 141 cm³/mol. The van der Waals surface area contributed by atoms with Crippen molar-refractivity contribution in [3.05, 3.63) is 95.6 Å². The van der Waals surface area contributed by atoms with Gasteiger partial charge in [0.15, 0.2) is 0 Å². The summed E-state index contributed by atoms with van der Waals surface area (Å²) in [6.07, 6.45) is 0.764. The summed E-state index contributed by atoms with van der Waals surface area (Å²) in [5.41, 5.74) is 10.7.